The van der Waals surface area contributed by atoms with Gasteiger partial charge in [-0.2, -0.15) is 8.42 Å². The summed E-state index contributed by atoms with van der Waals surface area (Å²) in [6.07, 6.45) is 2.57. The smallest absolute Gasteiger partial charge is 0.321 e. The van der Waals surface area contributed by atoms with E-state index in [4.69, 9.17) is 10.5 Å². The average molecular weight is 399 g/mol. The Balaban J connectivity index is 1.44. The minimum Gasteiger partial charge on any atom is -0.370 e. The first kappa shape index (κ1) is 18.6. The van der Waals surface area contributed by atoms with Crippen molar-refractivity contribution in [3.8, 4) is 0 Å². The zero-order valence-corrected chi connectivity index (χ0v) is 15.5. The molecule has 0 saturated carbocycles. The first-order valence-corrected chi connectivity index (χ1v) is 10.5. The summed E-state index contributed by atoms with van der Waals surface area (Å²) in [5.41, 5.74) is 7.96. The second-order valence-corrected chi connectivity index (χ2v) is 9.15. The minimum absolute atomic E-state index is 0.0346. The van der Waals surface area contributed by atoms with Crippen LogP contribution in [0.3, 0.4) is 0 Å². The average Bonchev–Trinajstić information content (AvgIpc) is 3.16. The van der Waals surface area contributed by atoms with E-state index in [2.05, 4.69) is 10.0 Å². The van der Waals surface area contributed by atoms with E-state index in [-0.39, 0.29) is 16.0 Å². The summed E-state index contributed by atoms with van der Waals surface area (Å²) in [7, 11) is -3.37. The molecule has 0 aromatic heterocycles. The van der Waals surface area contributed by atoms with E-state index in [1.165, 1.54) is 0 Å². The lowest BCUT2D eigenvalue weighted by molar-refractivity contribution is -0.726. The van der Waals surface area contributed by atoms with E-state index >= 15 is 0 Å². The molecule has 0 radical (unpaired) electrons. The minimum atomic E-state index is -3.37. The van der Waals surface area contributed by atoms with Gasteiger partial charge in [-0.05, 0) is 24.6 Å². The molecule has 0 amide bonds. The summed E-state index contributed by atoms with van der Waals surface area (Å²) in [6.45, 7) is 1.33. The molecule has 4 atom stereocenters. The Morgan fingerprint density at radius 1 is 1.33 bits per heavy atom. The van der Waals surface area contributed by atoms with Gasteiger partial charge >= 0.3 is 10.0 Å². The molecule has 3 aliphatic rings. The molecular formula is C17H21F2N4O3S+. The van der Waals surface area contributed by atoms with Crippen molar-refractivity contribution < 1.29 is 26.3 Å². The Kier molecular flexibility index (Phi) is 4.63. The van der Waals surface area contributed by atoms with Crippen LogP contribution in [0.15, 0.2) is 34.6 Å². The number of quaternary nitrogens is 1. The molecule has 1 aromatic carbocycles. The molecule has 146 valence electrons. The summed E-state index contributed by atoms with van der Waals surface area (Å²) in [4.78, 5) is 2.10. The molecule has 4 rings (SSSR count). The molecule has 7 nitrogen and oxygen atoms in total. The second kappa shape index (κ2) is 6.71. The van der Waals surface area contributed by atoms with Crippen LogP contribution in [-0.4, -0.2) is 57.6 Å². The molecule has 4 unspecified atom stereocenters. The van der Waals surface area contributed by atoms with Crippen LogP contribution < -0.4 is 10.1 Å². The lowest BCUT2D eigenvalue weighted by Gasteiger charge is -2.38. The number of halogens is 2. The molecule has 0 spiro atoms. The predicted octanol–water partition coefficient (Wildman–Crippen LogP) is -0.464. The van der Waals surface area contributed by atoms with Crippen molar-refractivity contribution in [3.05, 3.63) is 46.7 Å². The molecular weight excluding hydrogens is 378 g/mol. The summed E-state index contributed by atoms with van der Waals surface area (Å²) >= 11 is 0. The van der Waals surface area contributed by atoms with Gasteiger partial charge in [-0.15, -0.1) is 0 Å². The highest BCUT2D eigenvalue weighted by molar-refractivity contribution is 7.84. The van der Waals surface area contributed by atoms with E-state index in [9.17, 15) is 17.2 Å². The predicted molar refractivity (Wildman–Crippen MR) is 94.3 cm³/mol. The maximum atomic E-state index is 14.0. The van der Waals surface area contributed by atoms with Gasteiger partial charge < -0.3 is 10.5 Å². The molecule has 0 aliphatic carbocycles. The maximum absolute atomic E-state index is 14.0. The number of rotatable bonds is 3. The largest absolute Gasteiger partial charge is 0.370 e. The van der Waals surface area contributed by atoms with E-state index in [0.29, 0.717) is 26.1 Å². The van der Waals surface area contributed by atoms with E-state index in [0.717, 1.165) is 35.7 Å². The number of benzene rings is 1. The Labute approximate surface area is 156 Å². The fourth-order valence-electron chi connectivity index (χ4n) is 3.94. The van der Waals surface area contributed by atoms with Gasteiger partial charge in [0.25, 0.3) is 0 Å². The van der Waals surface area contributed by atoms with E-state index in [1.807, 2.05) is 0 Å². The van der Waals surface area contributed by atoms with Crippen molar-refractivity contribution >= 4 is 16.2 Å². The molecule has 27 heavy (non-hydrogen) atoms. The Morgan fingerprint density at radius 2 is 2.11 bits per heavy atom. The molecule has 1 saturated heterocycles. The SMILES string of the molecule is CS(=O)(=O)[NH+]1N=CC2=C1CN(C1COC(c3cc(F)ccc3F)C(N)C1)C2. The third kappa shape index (κ3) is 3.43. The van der Waals surface area contributed by atoms with Crippen molar-refractivity contribution in [1.82, 2.24) is 4.90 Å². The van der Waals surface area contributed by atoms with Gasteiger partial charge in [0.2, 0.25) is 0 Å². The van der Waals surface area contributed by atoms with Gasteiger partial charge in [0.05, 0.1) is 31.2 Å². The van der Waals surface area contributed by atoms with Gasteiger partial charge in [0.15, 0.2) is 5.70 Å². The quantitative estimate of drug-likeness (QED) is 0.718. The zero-order valence-electron chi connectivity index (χ0n) is 14.7. The van der Waals surface area contributed by atoms with Crippen molar-refractivity contribution in [2.24, 2.45) is 10.8 Å². The molecule has 10 heteroatoms. The van der Waals surface area contributed by atoms with Gasteiger partial charge in [-0.3, -0.25) is 4.90 Å². The van der Waals surface area contributed by atoms with Crippen LogP contribution in [0.4, 0.5) is 8.78 Å². The lowest BCUT2D eigenvalue weighted by Crippen LogP contribution is -3.07. The van der Waals surface area contributed by atoms with Crippen LogP contribution in [0.1, 0.15) is 18.1 Å². The van der Waals surface area contributed by atoms with Crippen LogP contribution in [0.25, 0.3) is 0 Å². The fourth-order valence-corrected chi connectivity index (χ4v) is 4.83. The third-order valence-corrected chi connectivity index (χ3v) is 6.31. The second-order valence-electron chi connectivity index (χ2n) is 7.22. The highest BCUT2D eigenvalue weighted by Gasteiger charge is 2.43. The van der Waals surface area contributed by atoms with Gasteiger partial charge in [-0.1, -0.05) is 9.52 Å². The first-order valence-electron chi connectivity index (χ1n) is 8.63. The van der Waals surface area contributed by atoms with Crippen LogP contribution in [-0.2, 0) is 14.8 Å². The van der Waals surface area contributed by atoms with Crippen molar-refractivity contribution in [2.45, 2.75) is 24.6 Å². The van der Waals surface area contributed by atoms with Crippen molar-refractivity contribution in [1.29, 1.82) is 0 Å². The number of ether oxygens (including phenoxy) is 1. The molecule has 3 N–H and O–H groups in total. The monoisotopic (exact) mass is 399 g/mol. The molecule has 1 aromatic rings. The van der Waals surface area contributed by atoms with Crippen LogP contribution in [0.5, 0.6) is 0 Å². The highest BCUT2D eigenvalue weighted by atomic mass is 32.2. The summed E-state index contributed by atoms with van der Waals surface area (Å²) < 4.78 is 57.2. The number of nitrogens with one attached hydrogen (secondary N) is 1. The standard InChI is InChI=1S/C17H20F2N4O3S/c1-27(24,25)23-16-8-22(7-10(16)6-21-23)12-5-15(20)17(26-9-12)13-4-11(18)2-3-14(13)19/h2-4,6,12,15,17H,5,7-9,20H2,1H3/p+1. The van der Waals surface area contributed by atoms with Crippen LogP contribution >= 0.6 is 0 Å². The molecule has 3 heterocycles. The number of sulfonamides is 1. The van der Waals surface area contributed by atoms with Gasteiger partial charge in [0, 0.05) is 24.2 Å². The summed E-state index contributed by atoms with van der Waals surface area (Å²) in [6, 6.07) is 2.72. The van der Waals surface area contributed by atoms with E-state index in [1.54, 1.807) is 6.21 Å². The van der Waals surface area contributed by atoms with E-state index < -0.39 is 33.8 Å². The highest BCUT2D eigenvalue weighted by Crippen LogP contribution is 2.32. The third-order valence-electron chi connectivity index (χ3n) is 5.25. The van der Waals surface area contributed by atoms with Crippen molar-refractivity contribution in [2.75, 3.05) is 26.0 Å². The molecule has 1 fully saturated rings. The van der Waals surface area contributed by atoms with Crippen LogP contribution in [0, 0.1) is 11.6 Å². The Hall–Kier alpha value is -1.72. The van der Waals surface area contributed by atoms with Crippen LogP contribution in [0.2, 0.25) is 0 Å². The maximum Gasteiger partial charge on any atom is 0.321 e. The topological polar surface area (TPSA) is 89.4 Å². The number of nitrogens with two attached hydrogens (primary N) is 1. The normalized spacial score (nSPS) is 31.6. The lowest BCUT2D eigenvalue weighted by atomic mass is 9.93. The Morgan fingerprint density at radius 3 is 2.81 bits per heavy atom. The number of hydrogen-bond donors (Lipinski definition) is 2. The van der Waals surface area contributed by atoms with Gasteiger partial charge in [0.1, 0.15) is 17.7 Å². The number of hydrogen-bond acceptors (Lipinski definition) is 6. The number of nitrogens with zero attached hydrogens (tertiary/aromatic N) is 2. The summed E-state index contributed by atoms with van der Waals surface area (Å²) in [5.74, 6) is -1.08. The first-order chi connectivity index (χ1) is 12.7. The zero-order chi connectivity index (χ0) is 19.3. The van der Waals surface area contributed by atoms with Crippen molar-refractivity contribution in [3.63, 3.8) is 0 Å². The molecule has 0 bridgehead atoms. The fraction of sp³-hybridized carbons (Fsp3) is 0.471. The van der Waals surface area contributed by atoms with Gasteiger partial charge in [-0.25, -0.2) is 8.78 Å². The molecule has 3 aliphatic heterocycles. The summed E-state index contributed by atoms with van der Waals surface area (Å²) in [5, 5.41) is 4.03. The Bertz CT molecular complexity index is 934.